The summed E-state index contributed by atoms with van der Waals surface area (Å²) < 4.78 is 5.40. The molecule has 0 unspecified atom stereocenters. The Labute approximate surface area is 97.1 Å². The van der Waals surface area contributed by atoms with Gasteiger partial charge in [-0.2, -0.15) is 0 Å². The van der Waals surface area contributed by atoms with E-state index < -0.39 is 0 Å². The molecule has 0 aliphatic rings. The fraction of sp³-hybridized carbons (Fsp3) is 0.462. The molecule has 88 valence electrons. The van der Waals surface area contributed by atoms with Crippen molar-refractivity contribution in [2.24, 2.45) is 5.73 Å². The van der Waals surface area contributed by atoms with Crippen molar-refractivity contribution in [1.29, 1.82) is 5.41 Å². The van der Waals surface area contributed by atoms with E-state index in [9.17, 15) is 0 Å². The lowest BCUT2D eigenvalue weighted by Gasteiger charge is -2.24. The van der Waals surface area contributed by atoms with Crippen molar-refractivity contribution < 1.29 is 4.74 Å². The fourth-order valence-corrected chi connectivity index (χ4v) is 1.75. The first-order valence-electron chi connectivity index (χ1n) is 5.31. The van der Waals surface area contributed by atoms with Gasteiger partial charge in [0.15, 0.2) is 0 Å². The number of nitrogen functional groups attached to an aromatic ring is 1. The second kappa shape index (κ2) is 4.16. The third kappa shape index (κ3) is 2.35. The molecule has 0 saturated carbocycles. The molecule has 3 heteroatoms. The third-order valence-corrected chi connectivity index (χ3v) is 2.54. The fourth-order valence-electron chi connectivity index (χ4n) is 1.75. The Morgan fingerprint density at radius 3 is 2.25 bits per heavy atom. The van der Waals surface area contributed by atoms with Crippen LogP contribution < -0.4 is 10.5 Å². The van der Waals surface area contributed by atoms with Crippen LogP contribution in [0, 0.1) is 12.3 Å². The minimum Gasteiger partial charge on any atom is -0.496 e. The maximum Gasteiger partial charge on any atom is 0.133 e. The maximum absolute atomic E-state index is 7.58. The standard InChI is InChI=1S/C13H20N2O/c1-8-6-9(12(14)15)11(16-5)10(7-8)13(2,3)4/h6-7H,1-5H3,(H3,14,15). The van der Waals surface area contributed by atoms with E-state index in [4.69, 9.17) is 15.9 Å². The SMILES string of the molecule is COc1c(C(=N)N)cc(C)cc1C(C)(C)C. The number of hydrogen-bond acceptors (Lipinski definition) is 2. The molecule has 0 bridgehead atoms. The van der Waals surface area contributed by atoms with E-state index in [0.717, 1.165) is 11.1 Å². The summed E-state index contributed by atoms with van der Waals surface area (Å²) in [6.07, 6.45) is 0. The molecule has 16 heavy (non-hydrogen) atoms. The van der Waals surface area contributed by atoms with Crippen molar-refractivity contribution in [3.63, 3.8) is 0 Å². The average molecular weight is 220 g/mol. The molecule has 1 aromatic carbocycles. The molecular weight excluding hydrogens is 200 g/mol. The number of ether oxygens (including phenoxy) is 1. The first-order valence-corrected chi connectivity index (χ1v) is 5.31. The van der Waals surface area contributed by atoms with Crippen LogP contribution in [0.2, 0.25) is 0 Å². The van der Waals surface area contributed by atoms with E-state index in [-0.39, 0.29) is 11.3 Å². The van der Waals surface area contributed by atoms with Crippen molar-refractivity contribution in [2.75, 3.05) is 7.11 Å². The van der Waals surface area contributed by atoms with Gasteiger partial charge in [0.1, 0.15) is 11.6 Å². The van der Waals surface area contributed by atoms with Crippen molar-refractivity contribution in [2.45, 2.75) is 33.1 Å². The van der Waals surface area contributed by atoms with Gasteiger partial charge in [-0.15, -0.1) is 0 Å². The van der Waals surface area contributed by atoms with Crippen LogP contribution in [0.5, 0.6) is 5.75 Å². The van der Waals surface area contributed by atoms with E-state index in [1.165, 1.54) is 0 Å². The van der Waals surface area contributed by atoms with Gasteiger partial charge in [-0.1, -0.05) is 26.8 Å². The minimum absolute atomic E-state index is 0.0262. The molecule has 0 atom stereocenters. The molecule has 0 spiro atoms. The van der Waals surface area contributed by atoms with Gasteiger partial charge >= 0.3 is 0 Å². The molecule has 0 aromatic heterocycles. The van der Waals surface area contributed by atoms with E-state index in [0.29, 0.717) is 11.3 Å². The number of nitrogens with two attached hydrogens (primary N) is 1. The molecule has 3 nitrogen and oxygen atoms in total. The lowest BCUT2D eigenvalue weighted by Crippen LogP contribution is -2.18. The predicted octanol–water partition coefficient (Wildman–Crippen LogP) is 2.59. The van der Waals surface area contributed by atoms with E-state index >= 15 is 0 Å². The molecule has 0 amide bonds. The van der Waals surface area contributed by atoms with Gasteiger partial charge in [-0.25, -0.2) is 0 Å². The lowest BCUT2D eigenvalue weighted by atomic mass is 9.84. The average Bonchev–Trinajstić information content (AvgIpc) is 2.14. The summed E-state index contributed by atoms with van der Waals surface area (Å²) in [4.78, 5) is 0. The third-order valence-electron chi connectivity index (χ3n) is 2.54. The Hall–Kier alpha value is -1.51. The Morgan fingerprint density at radius 2 is 1.88 bits per heavy atom. The van der Waals surface area contributed by atoms with Crippen molar-refractivity contribution in [3.8, 4) is 5.75 Å². The number of hydrogen-bond donors (Lipinski definition) is 2. The van der Waals surface area contributed by atoms with Crippen LogP contribution >= 0.6 is 0 Å². The Kier molecular flexibility index (Phi) is 3.27. The van der Waals surface area contributed by atoms with Gasteiger partial charge in [-0.3, -0.25) is 5.41 Å². The van der Waals surface area contributed by atoms with Gasteiger partial charge in [-0.05, 0) is 24.0 Å². The Morgan fingerprint density at radius 1 is 1.31 bits per heavy atom. The monoisotopic (exact) mass is 220 g/mol. The number of amidine groups is 1. The summed E-state index contributed by atoms with van der Waals surface area (Å²) in [7, 11) is 1.62. The molecule has 1 rings (SSSR count). The van der Waals surface area contributed by atoms with Crippen molar-refractivity contribution in [1.82, 2.24) is 0 Å². The highest BCUT2D eigenvalue weighted by Crippen LogP contribution is 2.34. The molecule has 3 N–H and O–H groups in total. The van der Waals surface area contributed by atoms with Crippen LogP contribution in [0.4, 0.5) is 0 Å². The zero-order valence-electron chi connectivity index (χ0n) is 10.6. The summed E-state index contributed by atoms with van der Waals surface area (Å²) in [5.41, 5.74) is 8.40. The predicted molar refractivity (Wildman–Crippen MR) is 67.4 cm³/mol. The topological polar surface area (TPSA) is 59.1 Å². The van der Waals surface area contributed by atoms with Crippen LogP contribution in [0.15, 0.2) is 12.1 Å². The first-order chi connectivity index (χ1) is 7.27. The Balaban J connectivity index is 3.55. The van der Waals surface area contributed by atoms with E-state index in [1.807, 2.05) is 13.0 Å². The number of benzene rings is 1. The van der Waals surface area contributed by atoms with E-state index in [2.05, 4.69) is 26.8 Å². The van der Waals surface area contributed by atoms with E-state index in [1.54, 1.807) is 7.11 Å². The van der Waals surface area contributed by atoms with Crippen LogP contribution in [-0.4, -0.2) is 12.9 Å². The van der Waals surface area contributed by atoms with Gasteiger partial charge in [0.2, 0.25) is 0 Å². The summed E-state index contributed by atoms with van der Waals surface area (Å²) in [6, 6.07) is 3.97. The van der Waals surface area contributed by atoms with Gasteiger partial charge in [0.25, 0.3) is 0 Å². The summed E-state index contributed by atoms with van der Waals surface area (Å²) in [6.45, 7) is 8.36. The van der Waals surface area contributed by atoms with Gasteiger partial charge < -0.3 is 10.5 Å². The summed E-state index contributed by atoms with van der Waals surface area (Å²) in [5, 5.41) is 7.58. The smallest absolute Gasteiger partial charge is 0.133 e. The largest absolute Gasteiger partial charge is 0.496 e. The maximum atomic E-state index is 7.58. The molecule has 0 aliphatic heterocycles. The van der Waals surface area contributed by atoms with Gasteiger partial charge in [0.05, 0.1) is 12.7 Å². The van der Waals surface area contributed by atoms with Gasteiger partial charge in [0, 0.05) is 5.56 Å². The highest BCUT2D eigenvalue weighted by Gasteiger charge is 2.22. The number of aryl methyl sites for hydroxylation is 1. The van der Waals surface area contributed by atoms with Crippen molar-refractivity contribution in [3.05, 3.63) is 28.8 Å². The first kappa shape index (κ1) is 12.6. The molecule has 0 fully saturated rings. The second-order valence-electron chi connectivity index (χ2n) is 5.06. The van der Waals surface area contributed by atoms with Crippen LogP contribution in [-0.2, 0) is 5.41 Å². The second-order valence-corrected chi connectivity index (χ2v) is 5.06. The minimum atomic E-state index is -0.0262. The zero-order chi connectivity index (χ0) is 12.5. The molecule has 0 aliphatic carbocycles. The number of rotatable bonds is 2. The van der Waals surface area contributed by atoms with Crippen LogP contribution in [0.3, 0.4) is 0 Å². The summed E-state index contributed by atoms with van der Waals surface area (Å²) in [5.74, 6) is 0.761. The number of methoxy groups -OCH3 is 1. The highest BCUT2D eigenvalue weighted by molar-refractivity contribution is 5.98. The molecule has 1 aromatic rings. The molecule has 0 radical (unpaired) electrons. The Bertz CT molecular complexity index is 417. The molecule has 0 heterocycles. The van der Waals surface area contributed by atoms with Crippen LogP contribution in [0.25, 0.3) is 0 Å². The normalized spacial score (nSPS) is 11.3. The molecular formula is C13H20N2O. The van der Waals surface area contributed by atoms with Crippen LogP contribution in [0.1, 0.15) is 37.5 Å². The zero-order valence-corrected chi connectivity index (χ0v) is 10.6. The molecule has 0 saturated heterocycles. The summed E-state index contributed by atoms with van der Waals surface area (Å²) >= 11 is 0. The quantitative estimate of drug-likeness (QED) is 0.594. The lowest BCUT2D eigenvalue weighted by molar-refractivity contribution is 0.396. The number of nitrogens with one attached hydrogen (secondary N) is 1. The highest BCUT2D eigenvalue weighted by atomic mass is 16.5. The van der Waals surface area contributed by atoms with Crippen molar-refractivity contribution >= 4 is 5.84 Å².